The fourth-order valence-corrected chi connectivity index (χ4v) is 4.03. The number of ether oxygens (including phenoxy) is 2. The van der Waals surface area contributed by atoms with Crippen LogP contribution in [0.25, 0.3) is 0 Å². The van der Waals surface area contributed by atoms with Crippen molar-refractivity contribution in [3.8, 4) is 11.5 Å². The number of imidazole rings is 2. The Labute approximate surface area is 201 Å². The number of aromatic amines is 1. The van der Waals surface area contributed by atoms with Gasteiger partial charge in [0.05, 0.1) is 26.2 Å². The molecule has 176 valence electrons. The normalized spacial score (nSPS) is 10.8. The number of hydrogen-bond acceptors (Lipinski definition) is 8. The van der Waals surface area contributed by atoms with Crippen LogP contribution >= 0.6 is 11.8 Å². The SMILES string of the molecule is COc1ccc(CNC(=O)Cn2cnc(Cc3cnc(SCc4cncnc4)[nH]3)c2)cc1OC. The first-order valence-corrected chi connectivity index (χ1v) is 11.5. The van der Waals surface area contributed by atoms with Crippen molar-refractivity contribution in [2.45, 2.75) is 30.4 Å². The van der Waals surface area contributed by atoms with E-state index in [1.165, 1.54) is 6.33 Å². The molecule has 0 saturated carbocycles. The van der Waals surface area contributed by atoms with Crippen LogP contribution in [0, 0.1) is 0 Å². The molecule has 0 saturated heterocycles. The Bertz CT molecular complexity index is 1230. The summed E-state index contributed by atoms with van der Waals surface area (Å²) in [4.78, 5) is 32.5. The highest BCUT2D eigenvalue weighted by atomic mass is 32.2. The lowest BCUT2D eigenvalue weighted by Crippen LogP contribution is -2.26. The van der Waals surface area contributed by atoms with E-state index in [1.54, 1.807) is 55.5 Å². The standard InChI is InChI=1S/C23H25N7O3S/c1-32-20-4-3-16(5-21(20)33-2)9-26-22(31)12-30-11-19(28-15-30)6-18-10-27-23(29-18)34-13-17-7-24-14-25-8-17/h3-5,7-8,10-11,14-15H,6,9,12-13H2,1-2H3,(H,26,31)(H,27,29). The Kier molecular flexibility index (Phi) is 7.76. The topological polar surface area (TPSA) is 120 Å². The predicted molar refractivity (Wildman–Crippen MR) is 127 cm³/mol. The summed E-state index contributed by atoms with van der Waals surface area (Å²) < 4.78 is 12.3. The zero-order valence-electron chi connectivity index (χ0n) is 18.9. The molecule has 0 aliphatic rings. The average Bonchev–Trinajstić information content (AvgIpc) is 3.51. The van der Waals surface area contributed by atoms with Crippen molar-refractivity contribution in [3.63, 3.8) is 0 Å². The van der Waals surface area contributed by atoms with Crippen LogP contribution in [0.5, 0.6) is 11.5 Å². The number of hydrogen-bond donors (Lipinski definition) is 2. The van der Waals surface area contributed by atoms with Gasteiger partial charge in [0.1, 0.15) is 12.9 Å². The maximum absolute atomic E-state index is 12.4. The van der Waals surface area contributed by atoms with Gasteiger partial charge in [0.15, 0.2) is 16.7 Å². The molecular weight excluding hydrogens is 454 g/mol. The summed E-state index contributed by atoms with van der Waals surface area (Å²) in [5, 5.41) is 3.74. The molecule has 1 amide bonds. The molecule has 10 nitrogen and oxygen atoms in total. The van der Waals surface area contributed by atoms with E-state index in [4.69, 9.17) is 9.47 Å². The molecule has 0 fully saturated rings. The van der Waals surface area contributed by atoms with E-state index in [-0.39, 0.29) is 12.5 Å². The lowest BCUT2D eigenvalue weighted by molar-refractivity contribution is -0.121. The smallest absolute Gasteiger partial charge is 0.240 e. The molecule has 0 radical (unpaired) electrons. The van der Waals surface area contributed by atoms with E-state index in [2.05, 4.69) is 30.2 Å². The van der Waals surface area contributed by atoms with Crippen LogP contribution in [0.3, 0.4) is 0 Å². The van der Waals surface area contributed by atoms with E-state index in [9.17, 15) is 4.79 Å². The zero-order chi connectivity index (χ0) is 23.8. The third-order valence-corrected chi connectivity index (χ3v) is 5.88. The third-order valence-electron chi connectivity index (χ3n) is 4.92. The minimum Gasteiger partial charge on any atom is -0.493 e. The number of amides is 1. The van der Waals surface area contributed by atoms with Crippen LogP contribution in [-0.2, 0) is 30.1 Å². The van der Waals surface area contributed by atoms with Crippen molar-refractivity contribution >= 4 is 17.7 Å². The Balaban J connectivity index is 1.25. The van der Waals surface area contributed by atoms with Crippen LogP contribution < -0.4 is 14.8 Å². The Morgan fingerprint density at radius 3 is 2.71 bits per heavy atom. The van der Waals surface area contributed by atoms with E-state index >= 15 is 0 Å². The van der Waals surface area contributed by atoms with E-state index in [0.29, 0.717) is 24.5 Å². The summed E-state index contributed by atoms with van der Waals surface area (Å²) in [5.41, 5.74) is 3.76. The van der Waals surface area contributed by atoms with Gasteiger partial charge in [0.25, 0.3) is 0 Å². The first-order valence-electron chi connectivity index (χ1n) is 10.5. The van der Waals surface area contributed by atoms with Gasteiger partial charge in [-0.25, -0.2) is 19.9 Å². The van der Waals surface area contributed by atoms with Gasteiger partial charge in [-0.1, -0.05) is 17.8 Å². The molecule has 11 heteroatoms. The van der Waals surface area contributed by atoms with E-state index in [0.717, 1.165) is 33.4 Å². The molecule has 2 N–H and O–H groups in total. The van der Waals surface area contributed by atoms with Gasteiger partial charge in [0, 0.05) is 49.2 Å². The second-order valence-electron chi connectivity index (χ2n) is 7.43. The number of methoxy groups -OCH3 is 2. The molecular formula is C23H25N7O3S. The van der Waals surface area contributed by atoms with Crippen molar-refractivity contribution in [1.82, 2.24) is 34.8 Å². The van der Waals surface area contributed by atoms with Gasteiger partial charge in [-0.05, 0) is 23.3 Å². The summed E-state index contributed by atoms with van der Waals surface area (Å²) in [6.07, 6.45) is 11.0. The molecule has 3 aromatic heterocycles. The van der Waals surface area contributed by atoms with Crippen LogP contribution in [-0.4, -0.2) is 49.6 Å². The van der Waals surface area contributed by atoms with Gasteiger partial charge < -0.3 is 24.3 Å². The number of carbonyl (C=O) groups excluding carboxylic acids is 1. The van der Waals surface area contributed by atoms with E-state index in [1.807, 2.05) is 24.4 Å². The van der Waals surface area contributed by atoms with Crippen molar-refractivity contribution in [1.29, 1.82) is 0 Å². The van der Waals surface area contributed by atoms with Gasteiger partial charge in [-0.2, -0.15) is 0 Å². The highest BCUT2D eigenvalue weighted by Gasteiger charge is 2.09. The third kappa shape index (κ3) is 6.35. The maximum atomic E-state index is 12.4. The summed E-state index contributed by atoms with van der Waals surface area (Å²) in [5.74, 6) is 1.91. The van der Waals surface area contributed by atoms with Crippen molar-refractivity contribution in [3.05, 3.63) is 78.2 Å². The van der Waals surface area contributed by atoms with Crippen molar-refractivity contribution < 1.29 is 14.3 Å². The first-order chi connectivity index (χ1) is 16.6. The van der Waals surface area contributed by atoms with Crippen LogP contribution in [0.1, 0.15) is 22.5 Å². The molecule has 0 spiro atoms. The minimum atomic E-state index is -0.108. The zero-order valence-corrected chi connectivity index (χ0v) is 19.7. The lowest BCUT2D eigenvalue weighted by Gasteiger charge is -2.10. The molecule has 0 unspecified atom stereocenters. The molecule has 3 heterocycles. The molecule has 4 rings (SSSR count). The first kappa shape index (κ1) is 23.3. The summed E-state index contributed by atoms with van der Waals surface area (Å²) in [6.45, 7) is 0.577. The Morgan fingerprint density at radius 1 is 1.09 bits per heavy atom. The summed E-state index contributed by atoms with van der Waals surface area (Å²) in [6, 6.07) is 5.55. The van der Waals surface area contributed by atoms with Crippen molar-refractivity contribution in [2.24, 2.45) is 0 Å². The van der Waals surface area contributed by atoms with Crippen LogP contribution in [0.4, 0.5) is 0 Å². The number of nitrogens with zero attached hydrogens (tertiary/aromatic N) is 5. The quantitative estimate of drug-likeness (QED) is 0.315. The second kappa shape index (κ2) is 11.3. The average molecular weight is 480 g/mol. The monoisotopic (exact) mass is 479 g/mol. The number of thioether (sulfide) groups is 1. The number of rotatable bonds is 11. The number of carbonyl (C=O) groups is 1. The Hall–Kier alpha value is -3.86. The molecule has 0 aliphatic heterocycles. The minimum absolute atomic E-state index is 0.108. The second-order valence-corrected chi connectivity index (χ2v) is 8.39. The van der Waals surface area contributed by atoms with Gasteiger partial charge in [-0.15, -0.1) is 0 Å². The highest BCUT2D eigenvalue weighted by molar-refractivity contribution is 7.98. The molecule has 0 aliphatic carbocycles. The Morgan fingerprint density at radius 2 is 1.91 bits per heavy atom. The number of benzene rings is 1. The molecule has 0 atom stereocenters. The number of nitrogens with one attached hydrogen (secondary N) is 2. The fourth-order valence-electron chi connectivity index (χ4n) is 3.25. The predicted octanol–water partition coefficient (Wildman–Crippen LogP) is 2.61. The van der Waals surface area contributed by atoms with Crippen LogP contribution in [0.15, 0.2) is 60.8 Å². The summed E-state index contributed by atoms with van der Waals surface area (Å²) >= 11 is 1.59. The molecule has 4 aromatic rings. The number of aromatic nitrogens is 6. The van der Waals surface area contributed by atoms with Gasteiger partial charge in [-0.3, -0.25) is 4.79 Å². The lowest BCUT2D eigenvalue weighted by atomic mass is 10.2. The highest BCUT2D eigenvalue weighted by Crippen LogP contribution is 2.27. The summed E-state index contributed by atoms with van der Waals surface area (Å²) in [7, 11) is 3.17. The molecule has 34 heavy (non-hydrogen) atoms. The maximum Gasteiger partial charge on any atom is 0.240 e. The fraction of sp³-hybridized carbons (Fsp3) is 0.261. The van der Waals surface area contributed by atoms with E-state index < -0.39 is 0 Å². The van der Waals surface area contributed by atoms with Crippen molar-refractivity contribution in [2.75, 3.05) is 14.2 Å². The van der Waals surface area contributed by atoms with Crippen LogP contribution in [0.2, 0.25) is 0 Å². The molecule has 1 aromatic carbocycles. The largest absolute Gasteiger partial charge is 0.493 e. The number of H-pyrrole nitrogens is 1. The van der Waals surface area contributed by atoms with Gasteiger partial charge >= 0.3 is 0 Å². The van der Waals surface area contributed by atoms with Gasteiger partial charge in [0.2, 0.25) is 5.91 Å². The molecule has 0 bridgehead atoms.